The van der Waals surface area contributed by atoms with E-state index in [0.29, 0.717) is 0 Å². The van der Waals surface area contributed by atoms with Crippen molar-refractivity contribution in [2.24, 2.45) is 10.8 Å². The van der Waals surface area contributed by atoms with Crippen molar-refractivity contribution in [3.8, 4) is 0 Å². The smallest absolute Gasteiger partial charge is 0.302 e. The molecule has 2 aliphatic rings. The Balaban J connectivity index is 2.38. The van der Waals surface area contributed by atoms with Gasteiger partial charge in [0.15, 0.2) is 0 Å². The number of esters is 1. The first-order valence-corrected chi connectivity index (χ1v) is 7.99. The SMILES string of the molecule is C=C1C=CC2(CC1)C(=C)CC(OC(C)=O)C(Br)C2(C)C. The van der Waals surface area contributed by atoms with Crippen molar-refractivity contribution in [2.75, 3.05) is 0 Å². The van der Waals surface area contributed by atoms with Crippen LogP contribution in [-0.4, -0.2) is 16.9 Å². The Labute approximate surface area is 130 Å². The Bertz CT molecular complexity index is 489. The van der Waals surface area contributed by atoms with Crippen LogP contribution in [0.3, 0.4) is 0 Å². The van der Waals surface area contributed by atoms with E-state index in [0.717, 1.165) is 24.8 Å². The topological polar surface area (TPSA) is 26.3 Å². The molecule has 3 heteroatoms. The predicted molar refractivity (Wildman–Crippen MR) is 85.8 cm³/mol. The average molecular weight is 339 g/mol. The van der Waals surface area contributed by atoms with E-state index in [1.165, 1.54) is 12.5 Å². The second kappa shape index (κ2) is 5.18. The van der Waals surface area contributed by atoms with Crippen LogP contribution in [0.4, 0.5) is 0 Å². The maximum atomic E-state index is 11.3. The zero-order chi connectivity index (χ0) is 15.1. The summed E-state index contributed by atoms with van der Waals surface area (Å²) in [4.78, 5) is 11.4. The first kappa shape index (κ1) is 15.6. The summed E-state index contributed by atoms with van der Waals surface area (Å²) < 4.78 is 5.48. The molecule has 1 saturated carbocycles. The zero-order valence-corrected chi connectivity index (χ0v) is 14.1. The molecule has 3 atom stereocenters. The molecular weight excluding hydrogens is 316 g/mol. The number of halogens is 1. The number of ether oxygens (including phenoxy) is 1. The summed E-state index contributed by atoms with van der Waals surface area (Å²) in [6.45, 7) is 14.3. The van der Waals surface area contributed by atoms with Crippen LogP contribution in [-0.2, 0) is 9.53 Å². The number of carbonyl (C=O) groups is 1. The molecule has 0 saturated heterocycles. The Morgan fingerprint density at radius 3 is 2.60 bits per heavy atom. The monoisotopic (exact) mass is 338 g/mol. The lowest BCUT2D eigenvalue weighted by Crippen LogP contribution is -2.54. The zero-order valence-electron chi connectivity index (χ0n) is 12.5. The maximum Gasteiger partial charge on any atom is 0.302 e. The molecule has 0 bridgehead atoms. The number of rotatable bonds is 1. The molecule has 1 fully saturated rings. The predicted octanol–water partition coefficient (Wildman–Crippen LogP) is 4.56. The molecule has 20 heavy (non-hydrogen) atoms. The van der Waals surface area contributed by atoms with Crippen LogP contribution < -0.4 is 0 Å². The van der Waals surface area contributed by atoms with Crippen molar-refractivity contribution in [2.45, 2.75) is 51.0 Å². The average Bonchev–Trinajstić information content (AvgIpc) is 2.35. The van der Waals surface area contributed by atoms with E-state index < -0.39 is 0 Å². The molecular formula is C17H23BrO2. The minimum atomic E-state index is -0.230. The number of hydrogen-bond acceptors (Lipinski definition) is 2. The Hall–Kier alpha value is -0.830. The van der Waals surface area contributed by atoms with Crippen LogP contribution in [0.15, 0.2) is 36.5 Å². The third kappa shape index (κ3) is 2.30. The van der Waals surface area contributed by atoms with E-state index in [4.69, 9.17) is 4.74 Å². The minimum Gasteiger partial charge on any atom is -0.461 e. The van der Waals surface area contributed by atoms with Crippen molar-refractivity contribution in [3.63, 3.8) is 0 Å². The minimum absolute atomic E-state index is 0.0427. The second-order valence-electron chi connectivity index (χ2n) is 6.54. The van der Waals surface area contributed by atoms with Crippen LogP contribution >= 0.6 is 15.9 Å². The number of carbonyl (C=O) groups excluding carboxylic acids is 1. The summed E-state index contributed by atoms with van der Waals surface area (Å²) >= 11 is 3.78. The van der Waals surface area contributed by atoms with Gasteiger partial charge in [0.05, 0.1) is 4.83 Å². The van der Waals surface area contributed by atoms with E-state index in [-0.39, 0.29) is 27.7 Å². The van der Waals surface area contributed by atoms with Crippen LogP contribution in [0.1, 0.15) is 40.0 Å². The van der Waals surface area contributed by atoms with Gasteiger partial charge in [0.25, 0.3) is 0 Å². The van der Waals surface area contributed by atoms with Gasteiger partial charge >= 0.3 is 5.97 Å². The largest absolute Gasteiger partial charge is 0.461 e. The molecule has 110 valence electrons. The van der Waals surface area contributed by atoms with E-state index in [1.807, 2.05) is 0 Å². The molecule has 1 spiro atoms. The van der Waals surface area contributed by atoms with Crippen molar-refractivity contribution in [3.05, 3.63) is 36.5 Å². The summed E-state index contributed by atoms with van der Waals surface area (Å²) in [5, 5.41) is 0. The van der Waals surface area contributed by atoms with Crippen LogP contribution in [0, 0.1) is 10.8 Å². The first-order valence-electron chi connectivity index (χ1n) is 7.07. The molecule has 3 unspecified atom stereocenters. The highest BCUT2D eigenvalue weighted by Gasteiger charge is 2.55. The van der Waals surface area contributed by atoms with E-state index in [1.54, 1.807) is 0 Å². The highest BCUT2D eigenvalue weighted by atomic mass is 79.9. The van der Waals surface area contributed by atoms with Crippen LogP contribution in [0.5, 0.6) is 0 Å². The van der Waals surface area contributed by atoms with Gasteiger partial charge in [0.2, 0.25) is 0 Å². The van der Waals surface area contributed by atoms with Gasteiger partial charge in [-0.2, -0.15) is 0 Å². The fourth-order valence-corrected chi connectivity index (χ4v) is 4.33. The lowest BCUT2D eigenvalue weighted by atomic mass is 9.52. The third-order valence-corrected chi connectivity index (χ3v) is 6.74. The highest BCUT2D eigenvalue weighted by molar-refractivity contribution is 9.09. The summed E-state index contributed by atoms with van der Waals surface area (Å²) in [6, 6.07) is 0. The molecule has 0 aromatic carbocycles. The number of alkyl halides is 1. The Morgan fingerprint density at radius 2 is 2.10 bits per heavy atom. The number of allylic oxidation sites excluding steroid dienone is 3. The van der Waals surface area contributed by atoms with E-state index in [9.17, 15) is 4.79 Å². The van der Waals surface area contributed by atoms with E-state index >= 15 is 0 Å². The molecule has 2 nitrogen and oxygen atoms in total. The molecule has 0 aliphatic heterocycles. The van der Waals surface area contributed by atoms with E-state index in [2.05, 4.69) is 55.1 Å². The van der Waals surface area contributed by atoms with Crippen molar-refractivity contribution < 1.29 is 9.53 Å². The van der Waals surface area contributed by atoms with Crippen LogP contribution in [0.2, 0.25) is 0 Å². The fraction of sp³-hybridized carbons (Fsp3) is 0.588. The summed E-state index contributed by atoms with van der Waals surface area (Å²) in [7, 11) is 0. The normalized spacial score (nSPS) is 36.2. The fourth-order valence-electron chi connectivity index (χ4n) is 3.63. The third-order valence-electron chi connectivity index (χ3n) is 5.01. The maximum absolute atomic E-state index is 11.3. The standard InChI is InChI=1S/C17H23BrO2/c1-11-6-8-17(9-7-11)12(2)10-14(20-13(3)19)15(18)16(17,4)5/h6,8,14-15H,1-2,7,9-10H2,3-5H3. The van der Waals surface area contributed by atoms with Gasteiger partial charge in [-0.05, 0) is 18.3 Å². The van der Waals surface area contributed by atoms with Gasteiger partial charge in [-0.15, -0.1) is 0 Å². The van der Waals surface area contributed by atoms with Gasteiger partial charge in [0, 0.05) is 18.8 Å². The summed E-state index contributed by atoms with van der Waals surface area (Å²) in [5.41, 5.74) is 2.22. The highest BCUT2D eigenvalue weighted by Crippen LogP contribution is 2.60. The number of hydrogen-bond donors (Lipinski definition) is 0. The molecule has 0 amide bonds. The molecule has 0 aromatic rings. The molecule has 2 aliphatic carbocycles. The van der Waals surface area contributed by atoms with Gasteiger partial charge in [0.1, 0.15) is 6.10 Å². The quantitative estimate of drug-likeness (QED) is 0.398. The van der Waals surface area contributed by atoms with Crippen molar-refractivity contribution in [1.82, 2.24) is 0 Å². The molecule has 0 aromatic heterocycles. The van der Waals surface area contributed by atoms with Crippen LogP contribution in [0.25, 0.3) is 0 Å². The van der Waals surface area contributed by atoms with Gasteiger partial charge in [-0.3, -0.25) is 4.79 Å². The summed E-state index contributed by atoms with van der Waals surface area (Å²) in [5.74, 6) is -0.230. The Morgan fingerprint density at radius 1 is 1.45 bits per heavy atom. The Kier molecular flexibility index (Phi) is 4.03. The summed E-state index contributed by atoms with van der Waals surface area (Å²) in [6.07, 6.45) is 7.00. The lowest BCUT2D eigenvalue weighted by Gasteiger charge is -2.56. The van der Waals surface area contributed by atoms with Crippen molar-refractivity contribution in [1.29, 1.82) is 0 Å². The van der Waals surface area contributed by atoms with Gasteiger partial charge in [-0.1, -0.05) is 66.2 Å². The lowest BCUT2D eigenvalue weighted by molar-refractivity contribution is -0.149. The second-order valence-corrected chi connectivity index (χ2v) is 7.53. The molecule has 0 radical (unpaired) electrons. The first-order chi connectivity index (χ1) is 9.20. The van der Waals surface area contributed by atoms with Gasteiger partial charge < -0.3 is 4.74 Å². The van der Waals surface area contributed by atoms with Crippen molar-refractivity contribution >= 4 is 21.9 Å². The molecule has 0 heterocycles. The van der Waals surface area contributed by atoms with Gasteiger partial charge in [-0.25, -0.2) is 0 Å². The molecule has 0 N–H and O–H groups in total. The molecule has 2 rings (SSSR count).